The molecule has 0 radical (unpaired) electrons. The summed E-state index contributed by atoms with van der Waals surface area (Å²) in [7, 11) is 1.71. The zero-order valence-electron chi connectivity index (χ0n) is 15.3. The maximum absolute atomic E-state index is 11.7. The summed E-state index contributed by atoms with van der Waals surface area (Å²) in [5.74, 6) is 1.03. The van der Waals surface area contributed by atoms with Crippen molar-refractivity contribution in [2.45, 2.75) is 58.2 Å². The Labute approximate surface area is 157 Å². The van der Waals surface area contributed by atoms with Gasteiger partial charge in [0.15, 0.2) is 0 Å². The van der Waals surface area contributed by atoms with Gasteiger partial charge >= 0.3 is 6.09 Å². The number of aromatic nitrogens is 1. The van der Waals surface area contributed by atoms with Gasteiger partial charge in [0.1, 0.15) is 11.4 Å². The van der Waals surface area contributed by atoms with Crippen molar-refractivity contribution >= 4 is 22.0 Å². The highest BCUT2D eigenvalue weighted by Crippen LogP contribution is 2.30. The molecule has 1 heterocycles. The van der Waals surface area contributed by atoms with Crippen LogP contribution in [-0.4, -0.2) is 28.9 Å². The van der Waals surface area contributed by atoms with Gasteiger partial charge in [0.25, 0.3) is 5.56 Å². The van der Waals surface area contributed by atoms with Crippen LogP contribution in [0.4, 0.5) is 4.79 Å². The maximum Gasteiger partial charge on any atom is 0.407 e. The van der Waals surface area contributed by atoms with E-state index < -0.39 is 5.60 Å². The predicted molar refractivity (Wildman–Crippen MR) is 100.0 cm³/mol. The highest BCUT2D eigenvalue weighted by Gasteiger charge is 2.24. The van der Waals surface area contributed by atoms with E-state index >= 15 is 0 Å². The van der Waals surface area contributed by atoms with Crippen molar-refractivity contribution in [3.05, 3.63) is 27.1 Å². The van der Waals surface area contributed by atoms with Crippen LogP contribution in [0.3, 0.4) is 0 Å². The van der Waals surface area contributed by atoms with E-state index in [4.69, 9.17) is 9.47 Å². The number of nitrogens with zero attached hydrogens (tertiary/aromatic N) is 1. The lowest BCUT2D eigenvalue weighted by Crippen LogP contribution is -2.37. The smallest absolute Gasteiger partial charge is 0.407 e. The first-order valence-electron chi connectivity index (χ1n) is 8.64. The number of aryl methyl sites for hydroxylation is 1. The Morgan fingerprint density at radius 2 is 1.96 bits per heavy atom. The number of ether oxygens (including phenoxy) is 2. The first-order chi connectivity index (χ1) is 11.6. The monoisotopic (exact) mass is 414 g/mol. The van der Waals surface area contributed by atoms with Crippen molar-refractivity contribution in [2.24, 2.45) is 13.0 Å². The number of hydrogen-bond donors (Lipinski definition) is 1. The van der Waals surface area contributed by atoms with Gasteiger partial charge in [-0.25, -0.2) is 4.79 Å². The van der Waals surface area contributed by atoms with Gasteiger partial charge in [0.2, 0.25) is 0 Å². The van der Waals surface area contributed by atoms with Crippen LogP contribution in [0.1, 0.15) is 46.5 Å². The van der Waals surface area contributed by atoms with E-state index in [0.29, 0.717) is 18.2 Å². The van der Waals surface area contributed by atoms with E-state index in [-0.39, 0.29) is 17.8 Å². The summed E-state index contributed by atoms with van der Waals surface area (Å²) in [5.41, 5.74) is -0.566. The Balaban J connectivity index is 1.77. The summed E-state index contributed by atoms with van der Waals surface area (Å²) in [6.07, 6.45) is 5.21. The largest absolute Gasteiger partial charge is 0.489 e. The van der Waals surface area contributed by atoms with Crippen molar-refractivity contribution in [3.63, 3.8) is 0 Å². The Hall–Kier alpha value is -1.50. The Morgan fingerprint density at radius 3 is 2.56 bits per heavy atom. The van der Waals surface area contributed by atoms with Crippen molar-refractivity contribution < 1.29 is 14.3 Å². The zero-order valence-corrected chi connectivity index (χ0v) is 16.9. The molecule has 1 aromatic heterocycles. The van der Waals surface area contributed by atoms with Gasteiger partial charge in [-0.3, -0.25) is 4.79 Å². The van der Waals surface area contributed by atoms with Gasteiger partial charge in [-0.05, 0) is 68.3 Å². The van der Waals surface area contributed by atoms with E-state index in [1.807, 2.05) is 20.8 Å². The normalized spacial score (nSPS) is 20.8. The third kappa shape index (κ3) is 6.38. The van der Waals surface area contributed by atoms with Crippen molar-refractivity contribution in [1.82, 2.24) is 9.88 Å². The average Bonchev–Trinajstić information content (AvgIpc) is 2.50. The summed E-state index contributed by atoms with van der Waals surface area (Å²) in [6, 6.07) is 1.51. The van der Waals surface area contributed by atoms with Gasteiger partial charge in [0.05, 0.1) is 10.6 Å². The van der Waals surface area contributed by atoms with E-state index in [1.54, 1.807) is 13.2 Å². The fraction of sp³-hybridized carbons (Fsp3) is 0.667. The summed E-state index contributed by atoms with van der Waals surface area (Å²) in [5, 5.41) is 2.84. The Morgan fingerprint density at radius 1 is 1.32 bits per heavy atom. The third-order valence-corrected chi connectivity index (χ3v) is 4.76. The highest BCUT2D eigenvalue weighted by molar-refractivity contribution is 9.10. The van der Waals surface area contributed by atoms with E-state index in [2.05, 4.69) is 21.2 Å². The predicted octanol–water partition coefficient (Wildman–Crippen LogP) is 3.61. The van der Waals surface area contributed by atoms with Gasteiger partial charge in [-0.1, -0.05) is 0 Å². The molecule has 0 aliphatic heterocycles. The number of halogens is 1. The molecule has 0 atom stereocenters. The maximum atomic E-state index is 11.7. The lowest BCUT2D eigenvalue weighted by Gasteiger charge is -2.29. The quantitative estimate of drug-likeness (QED) is 0.816. The van der Waals surface area contributed by atoms with Crippen LogP contribution < -0.4 is 15.6 Å². The summed E-state index contributed by atoms with van der Waals surface area (Å²) < 4.78 is 13.5. The van der Waals surface area contributed by atoms with Gasteiger partial charge in [0, 0.05) is 25.9 Å². The topological polar surface area (TPSA) is 69.6 Å². The molecular weight excluding hydrogens is 388 g/mol. The van der Waals surface area contributed by atoms with E-state index in [1.165, 1.54) is 10.6 Å². The minimum atomic E-state index is -0.476. The van der Waals surface area contributed by atoms with Crippen LogP contribution in [0.15, 0.2) is 21.5 Å². The highest BCUT2D eigenvalue weighted by atomic mass is 79.9. The molecule has 140 valence electrons. The lowest BCUT2D eigenvalue weighted by atomic mass is 9.87. The van der Waals surface area contributed by atoms with E-state index in [0.717, 1.165) is 30.2 Å². The second-order valence-corrected chi connectivity index (χ2v) is 8.43. The number of rotatable bonds is 4. The molecule has 1 N–H and O–H groups in total. The Kier molecular flexibility index (Phi) is 6.54. The molecule has 1 aliphatic carbocycles. The number of nitrogens with one attached hydrogen (secondary N) is 1. The second kappa shape index (κ2) is 8.25. The molecule has 1 fully saturated rings. The molecule has 7 heteroatoms. The molecule has 0 saturated heterocycles. The number of hydrogen-bond acceptors (Lipinski definition) is 4. The van der Waals surface area contributed by atoms with Crippen LogP contribution >= 0.6 is 15.9 Å². The fourth-order valence-electron chi connectivity index (χ4n) is 2.85. The first kappa shape index (κ1) is 19.8. The van der Waals surface area contributed by atoms with Crippen LogP contribution in [0, 0.1) is 5.92 Å². The first-order valence-corrected chi connectivity index (χ1v) is 9.43. The van der Waals surface area contributed by atoms with Crippen LogP contribution in [-0.2, 0) is 11.8 Å². The molecule has 0 aromatic carbocycles. The standard InChI is InChI=1S/C18H27BrN2O4/c1-18(2,3)25-17(23)20-10-12-5-7-13(8-6-12)24-15-9-16(22)21(4)11-14(15)19/h9,11-13H,5-8,10H2,1-4H3,(H,20,23)/t12-,13-. The fourth-order valence-corrected chi connectivity index (χ4v) is 3.36. The molecule has 0 spiro atoms. The van der Waals surface area contributed by atoms with Gasteiger partial charge in [-0.15, -0.1) is 0 Å². The molecule has 1 amide bonds. The van der Waals surface area contributed by atoms with Gasteiger partial charge < -0.3 is 19.4 Å². The zero-order chi connectivity index (χ0) is 18.6. The van der Waals surface area contributed by atoms with E-state index in [9.17, 15) is 9.59 Å². The minimum absolute atomic E-state index is 0.0894. The molecule has 0 bridgehead atoms. The van der Waals surface area contributed by atoms with Gasteiger partial charge in [-0.2, -0.15) is 0 Å². The number of carbonyl (C=O) groups excluding carboxylic acids is 1. The van der Waals surface area contributed by atoms with Crippen LogP contribution in [0.5, 0.6) is 5.75 Å². The molecule has 1 aromatic rings. The molecule has 6 nitrogen and oxygen atoms in total. The van der Waals surface area contributed by atoms with Crippen LogP contribution in [0.2, 0.25) is 0 Å². The number of alkyl carbamates (subject to hydrolysis) is 1. The van der Waals surface area contributed by atoms with Crippen molar-refractivity contribution in [3.8, 4) is 5.75 Å². The SMILES string of the molecule is Cn1cc(Br)c(O[C@H]2CC[C@H](CNC(=O)OC(C)(C)C)CC2)cc1=O. The Bertz CT molecular complexity index is 658. The lowest BCUT2D eigenvalue weighted by molar-refractivity contribution is 0.0508. The molecule has 2 rings (SSSR count). The average molecular weight is 415 g/mol. The molecule has 0 unspecified atom stereocenters. The number of carbonyl (C=O) groups is 1. The summed E-state index contributed by atoms with van der Waals surface area (Å²) in [4.78, 5) is 23.5. The summed E-state index contributed by atoms with van der Waals surface area (Å²) >= 11 is 3.44. The number of amides is 1. The van der Waals surface area contributed by atoms with Crippen LogP contribution in [0.25, 0.3) is 0 Å². The molecule has 25 heavy (non-hydrogen) atoms. The minimum Gasteiger partial charge on any atom is -0.489 e. The van der Waals surface area contributed by atoms with Crippen molar-refractivity contribution in [2.75, 3.05) is 6.54 Å². The number of pyridine rings is 1. The second-order valence-electron chi connectivity index (χ2n) is 7.58. The van der Waals surface area contributed by atoms with Crippen molar-refractivity contribution in [1.29, 1.82) is 0 Å². The summed E-state index contributed by atoms with van der Waals surface area (Å²) in [6.45, 7) is 6.18. The third-order valence-electron chi connectivity index (χ3n) is 4.17. The molecule has 1 aliphatic rings. The molecule has 1 saturated carbocycles. The molecular formula is C18H27BrN2O4.